The predicted molar refractivity (Wildman–Crippen MR) is 146 cm³/mol. The maximum atomic E-state index is 13.8. The Kier molecular flexibility index (Phi) is 7.07. The largest absolute Gasteiger partial charge is 0.419 e. The van der Waals surface area contributed by atoms with Crippen molar-refractivity contribution in [2.24, 2.45) is 0 Å². The van der Waals surface area contributed by atoms with Crippen LogP contribution in [0, 0.1) is 0 Å². The van der Waals surface area contributed by atoms with Crippen LogP contribution in [0.4, 0.5) is 0 Å². The lowest BCUT2D eigenvalue weighted by molar-refractivity contribution is 0.0920. The van der Waals surface area contributed by atoms with Crippen molar-refractivity contribution < 1.29 is 9.21 Å². The standard InChI is InChI=1S/C26H26BrCl2N5O2/c1-25(2,3)24-32-31-23(36-24)20-19(22(35)30-26(4,5)6)21(14-7-9-15(27)10-8-14)34(33-20)18-12-11-16(28)13-17(18)29/h7-13H,1-6H3,(H,30,35). The number of halogens is 3. The van der Waals surface area contributed by atoms with E-state index in [1.54, 1.807) is 22.9 Å². The summed E-state index contributed by atoms with van der Waals surface area (Å²) < 4.78 is 8.54. The number of nitrogens with zero attached hydrogens (tertiary/aromatic N) is 4. The molecule has 0 aliphatic rings. The molecule has 0 saturated heterocycles. The highest BCUT2D eigenvalue weighted by atomic mass is 79.9. The van der Waals surface area contributed by atoms with E-state index in [4.69, 9.17) is 32.7 Å². The number of carbonyl (C=O) groups excluding carboxylic acids is 1. The van der Waals surface area contributed by atoms with Crippen LogP contribution < -0.4 is 5.32 Å². The number of nitrogens with one attached hydrogen (secondary N) is 1. The fourth-order valence-electron chi connectivity index (χ4n) is 3.51. The van der Waals surface area contributed by atoms with Gasteiger partial charge in [0.25, 0.3) is 11.8 Å². The van der Waals surface area contributed by atoms with Crippen molar-refractivity contribution >= 4 is 45.0 Å². The Morgan fingerprint density at radius 1 is 1.00 bits per heavy atom. The number of amides is 1. The Balaban J connectivity index is 2.07. The normalized spacial score (nSPS) is 12.1. The third-order valence-corrected chi connectivity index (χ3v) is 6.19. The Morgan fingerprint density at radius 2 is 1.67 bits per heavy atom. The molecule has 36 heavy (non-hydrogen) atoms. The highest BCUT2D eigenvalue weighted by molar-refractivity contribution is 9.10. The summed E-state index contributed by atoms with van der Waals surface area (Å²) in [6.07, 6.45) is 0. The monoisotopic (exact) mass is 589 g/mol. The summed E-state index contributed by atoms with van der Waals surface area (Å²) in [4.78, 5) is 13.8. The van der Waals surface area contributed by atoms with Crippen molar-refractivity contribution in [1.82, 2.24) is 25.3 Å². The first kappa shape index (κ1) is 26.4. The van der Waals surface area contributed by atoms with Gasteiger partial charge in [-0.25, -0.2) is 4.68 Å². The van der Waals surface area contributed by atoms with Crippen molar-refractivity contribution in [3.63, 3.8) is 0 Å². The van der Waals surface area contributed by atoms with Gasteiger partial charge in [-0.1, -0.05) is 72.0 Å². The molecule has 1 N–H and O–H groups in total. The highest BCUT2D eigenvalue weighted by Crippen LogP contribution is 2.37. The number of benzene rings is 2. The molecular weight excluding hydrogens is 565 g/mol. The highest BCUT2D eigenvalue weighted by Gasteiger charge is 2.33. The molecule has 0 spiro atoms. The number of aromatic nitrogens is 4. The zero-order valence-corrected chi connectivity index (χ0v) is 23.9. The lowest BCUT2D eigenvalue weighted by Gasteiger charge is -2.21. The molecule has 0 aliphatic carbocycles. The van der Waals surface area contributed by atoms with Crippen molar-refractivity contribution in [3.05, 3.63) is 68.4 Å². The average Bonchev–Trinajstić information content (AvgIpc) is 3.38. The van der Waals surface area contributed by atoms with Gasteiger partial charge in [0.15, 0.2) is 5.69 Å². The minimum absolute atomic E-state index is 0.140. The van der Waals surface area contributed by atoms with Gasteiger partial charge in [0.2, 0.25) is 5.89 Å². The predicted octanol–water partition coefficient (Wildman–Crippen LogP) is 7.48. The van der Waals surface area contributed by atoms with Gasteiger partial charge >= 0.3 is 0 Å². The summed E-state index contributed by atoms with van der Waals surface area (Å²) in [6, 6.07) is 12.7. The zero-order valence-electron chi connectivity index (χ0n) is 20.8. The second kappa shape index (κ2) is 9.65. The fourth-order valence-corrected chi connectivity index (χ4v) is 4.26. The zero-order chi connectivity index (χ0) is 26.4. The third kappa shape index (κ3) is 5.51. The van der Waals surface area contributed by atoms with Gasteiger partial charge in [0.1, 0.15) is 0 Å². The van der Waals surface area contributed by atoms with Crippen LogP contribution in [-0.4, -0.2) is 31.4 Å². The van der Waals surface area contributed by atoms with Crippen molar-refractivity contribution in [1.29, 1.82) is 0 Å². The molecule has 2 aromatic carbocycles. The van der Waals surface area contributed by atoms with Crippen LogP contribution in [0.5, 0.6) is 0 Å². The van der Waals surface area contributed by atoms with Gasteiger partial charge in [0.05, 0.1) is 22.0 Å². The Labute approximate surface area is 228 Å². The summed E-state index contributed by atoms with van der Waals surface area (Å²) in [5.74, 6) is 0.243. The van der Waals surface area contributed by atoms with Crippen molar-refractivity contribution in [2.45, 2.75) is 52.5 Å². The molecule has 0 radical (unpaired) electrons. The minimum atomic E-state index is -0.503. The van der Waals surface area contributed by atoms with E-state index in [0.717, 1.165) is 10.0 Å². The van der Waals surface area contributed by atoms with Crippen LogP contribution in [0.15, 0.2) is 51.4 Å². The summed E-state index contributed by atoms with van der Waals surface area (Å²) in [6.45, 7) is 11.6. The van der Waals surface area contributed by atoms with Crippen LogP contribution in [-0.2, 0) is 5.41 Å². The van der Waals surface area contributed by atoms with E-state index in [9.17, 15) is 4.79 Å². The number of hydrogen-bond acceptors (Lipinski definition) is 5. The molecular formula is C26H26BrCl2N5O2. The SMILES string of the molecule is CC(C)(C)NC(=O)c1c(-c2nnc(C(C)(C)C)o2)nn(-c2ccc(Cl)cc2Cl)c1-c1ccc(Br)cc1. The number of carbonyl (C=O) groups is 1. The smallest absolute Gasteiger partial charge is 0.269 e. The van der Waals surface area contributed by atoms with Crippen LogP contribution >= 0.6 is 39.1 Å². The third-order valence-electron chi connectivity index (χ3n) is 5.13. The molecule has 188 valence electrons. The quantitative estimate of drug-likeness (QED) is 0.266. The molecule has 4 rings (SSSR count). The minimum Gasteiger partial charge on any atom is -0.419 e. The summed E-state index contributed by atoms with van der Waals surface area (Å²) >= 11 is 16.2. The molecule has 0 aliphatic heterocycles. The van der Waals surface area contributed by atoms with Gasteiger partial charge in [-0.15, -0.1) is 10.2 Å². The van der Waals surface area contributed by atoms with Gasteiger partial charge < -0.3 is 9.73 Å². The Hall–Kier alpha value is -2.68. The number of hydrogen-bond donors (Lipinski definition) is 1. The molecule has 2 aromatic heterocycles. The van der Waals surface area contributed by atoms with Gasteiger partial charge in [-0.3, -0.25) is 4.79 Å². The Morgan fingerprint density at radius 3 is 2.22 bits per heavy atom. The van der Waals surface area contributed by atoms with Crippen molar-refractivity contribution in [3.8, 4) is 28.5 Å². The van der Waals surface area contributed by atoms with Gasteiger partial charge in [-0.05, 0) is 51.1 Å². The summed E-state index contributed by atoms with van der Waals surface area (Å²) in [5.41, 5.74) is 1.49. The maximum absolute atomic E-state index is 13.8. The van der Waals surface area contributed by atoms with E-state index in [1.807, 2.05) is 65.8 Å². The first-order valence-corrected chi connectivity index (χ1v) is 12.8. The lowest BCUT2D eigenvalue weighted by atomic mass is 9.97. The van der Waals surface area contributed by atoms with Crippen LogP contribution in [0.3, 0.4) is 0 Å². The van der Waals surface area contributed by atoms with Crippen LogP contribution in [0.25, 0.3) is 28.5 Å². The molecule has 0 atom stereocenters. The van der Waals surface area contributed by atoms with E-state index in [0.29, 0.717) is 32.9 Å². The molecule has 0 bridgehead atoms. The molecule has 2 heterocycles. The molecule has 1 amide bonds. The second-order valence-corrected chi connectivity index (χ2v) is 12.2. The van der Waals surface area contributed by atoms with Gasteiger partial charge in [-0.2, -0.15) is 5.10 Å². The average molecular weight is 591 g/mol. The van der Waals surface area contributed by atoms with E-state index in [-0.39, 0.29) is 22.9 Å². The summed E-state index contributed by atoms with van der Waals surface area (Å²) in [5, 5.41) is 17.2. The van der Waals surface area contributed by atoms with E-state index in [2.05, 4.69) is 31.4 Å². The van der Waals surface area contributed by atoms with E-state index < -0.39 is 5.54 Å². The first-order valence-electron chi connectivity index (χ1n) is 11.3. The summed E-state index contributed by atoms with van der Waals surface area (Å²) in [7, 11) is 0. The molecule has 0 unspecified atom stereocenters. The fraction of sp³-hybridized carbons (Fsp3) is 0.308. The van der Waals surface area contributed by atoms with Crippen LogP contribution in [0.2, 0.25) is 10.0 Å². The Bertz CT molecular complexity index is 1430. The van der Waals surface area contributed by atoms with E-state index in [1.165, 1.54) is 0 Å². The molecule has 10 heteroatoms. The van der Waals surface area contributed by atoms with E-state index >= 15 is 0 Å². The second-order valence-electron chi connectivity index (χ2n) is 10.5. The number of rotatable bonds is 4. The first-order chi connectivity index (χ1) is 16.7. The molecule has 7 nitrogen and oxygen atoms in total. The molecule has 0 fully saturated rings. The topological polar surface area (TPSA) is 85.8 Å². The molecule has 4 aromatic rings. The molecule has 0 saturated carbocycles. The lowest BCUT2D eigenvalue weighted by Crippen LogP contribution is -2.40. The van der Waals surface area contributed by atoms with Crippen LogP contribution in [0.1, 0.15) is 57.8 Å². The maximum Gasteiger partial charge on any atom is 0.269 e. The van der Waals surface area contributed by atoms with Crippen molar-refractivity contribution in [2.75, 3.05) is 0 Å². The van der Waals surface area contributed by atoms with Gasteiger partial charge in [0, 0.05) is 26.0 Å².